The van der Waals surface area contributed by atoms with E-state index < -0.39 is 0 Å². The van der Waals surface area contributed by atoms with Crippen molar-refractivity contribution < 1.29 is 4.74 Å². The molecule has 0 amide bonds. The van der Waals surface area contributed by atoms with Crippen LogP contribution in [-0.2, 0) is 4.74 Å². The molecule has 21 heavy (non-hydrogen) atoms. The summed E-state index contributed by atoms with van der Waals surface area (Å²) in [6, 6.07) is 2.94. The van der Waals surface area contributed by atoms with Crippen molar-refractivity contribution in [2.75, 3.05) is 44.3 Å². The summed E-state index contributed by atoms with van der Waals surface area (Å²) in [5.41, 5.74) is 1.24. The SMILES string of the molecule is c1nc(C2CC2)cc(N2CCN(C3CCOCC3)CC2)n1. The number of anilines is 1. The molecule has 2 saturated heterocycles. The summed E-state index contributed by atoms with van der Waals surface area (Å²) in [5.74, 6) is 1.83. The van der Waals surface area contributed by atoms with E-state index in [0.29, 0.717) is 5.92 Å². The highest BCUT2D eigenvalue weighted by Crippen LogP contribution is 2.39. The molecule has 2 aliphatic heterocycles. The van der Waals surface area contributed by atoms with Gasteiger partial charge in [0, 0.05) is 63.1 Å². The molecular weight excluding hydrogens is 264 g/mol. The van der Waals surface area contributed by atoms with E-state index in [9.17, 15) is 0 Å². The largest absolute Gasteiger partial charge is 0.381 e. The van der Waals surface area contributed by atoms with Gasteiger partial charge in [-0.05, 0) is 25.7 Å². The third-order valence-electron chi connectivity index (χ3n) is 5.01. The minimum Gasteiger partial charge on any atom is -0.381 e. The fraction of sp³-hybridized carbons (Fsp3) is 0.750. The van der Waals surface area contributed by atoms with Crippen molar-refractivity contribution in [1.82, 2.24) is 14.9 Å². The molecule has 0 aromatic carbocycles. The lowest BCUT2D eigenvalue weighted by atomic mass is 10.1. The Balaban J connectivity index is 1.37. The van der Waals surface area contributed by atoms with Crippen LogP contribution in [0.15, 0.2) is 12.4 Å². The number of piperazine rings is 1. The number of hydrogen-bond donors (Lipinski definition) is 0. The summed E-state index contributed by atoms with van der Waals surface area (Å²) >= 11 is 0. The molecule has 1 saturated carbocycles. The van der Waals surface area contributed by atoms with Gasteiger partial charge in [-0.15, -0.1) is 0 Å². The molecule has 0 bridgehead atoms. The Labute approximate surface area is 126 Å². The highest BCUT2D eigenvalue weighted by Gasteiger charge is 2.28. The molecule has 1 aliphatic carbocycles. The first-order valence-electron chi connectivity index (χ1n) is 8.29. The van der Waals surface area contributed by atoms with Crippen LogP contribution in [0.25, 0.3) is 0 Å². The number of hydrogen-bond acceptors (Lipinski definition) is 5. The smallest absolute Gasteiger partial charge is 0.132 e. The van der Waals surface area contributed by atoms with Crippen molar-refractivity contribution in [2.24, 2.45) is 0 Å². The Bertz CT molecular complexity index is 477. The minimum absolute atomic E-state index is 0.704. The van der Waals surface area contributed by atoms with E-state index in [1.807, 2.05) is 0 Å². The number of aromatic nitrogens is 2. The summed E-state index contributed by atoms with van der Waals surface area (Å²) in [6.07, 6.45) is 6.73. The maximum atomic E-state index is 5.47. The second kappa shape index (κ2) is 5.89. The Kier molecular flexibility index (Phi) is 3.78. The van der Waals surface area contributed by atoms with Crippen molar-refractivity contribution in [2.45, 2.75) is 37.6 Å². The van der Waals surface area contributed by atoms with Crippen molar-refractivity contribution in [3.05, 3.63) is 18.1 Å². The lowest BCUT2D eigenvalue weighted by molar-refractivity contribution is 0.0321. The van der Waals surface area contributed by atoms with Crippen LogP contribution in [0.4, 0.5) is 5.82 Å². The van der Waals surface area contributed by atoms with Crippen molar-refractivity contribution in [3.63, 3.8) is 0 Å². The van der Waals surface area contributed by atoms with Gasteiger partial charge in [-0.2, -0.15) is 0 Å². The molecule has 5 heteroatoms. The van der Waals surface area contributed by atoms with Gasteiger partial charge < -0.3 is 9.64 Å². The molecule has 0 unspecified atom stereocenters. The maximum Gasteiger partial charge on any atom is 0.132 e. The molecule has 1 aromatic rings. The first kappa shape index (κ1) is 13.5. The zero-order valence-electron chi connectivity index (χ0n) is 12.6. The van der Waals surface area contributed by atoms with Crippen LogP contribution in [0.1, 0.15) is 37.3 Å². The van der Waals surface area contributed by atoms with Gasteiger partial charge in [0.25, 0.3) is 0 Å². The molecule has 0 spiro atoms. The first-order valence-corrected chi connectivity index (χ1v) is 8.29. The molecule has 3 fully saturated rings. The number of rotatable bonds is 3. The molecule has 4 rings (SSSR count). The predicted octanol–water partition coefficient (Wildman–Crippen LogP) is 1.65. The van der Waals surface area contributed by atoms with Crippen LogP contribution >= 0.6 is 0 Å². The van der Waals surface area contributed by atoms with Crippen molar-refractivity contribution in [1.29, 1.82) is 0 Å². The van der Waals surface area contributed by atoms with Crippen molar-refractivity contribution in [3.8, 4) is 0 Å². The number of nitrogens with zero attached hydrogens (tertiary/aromatic N) is 4. The summed E-state index contributed by atoms with van der Waals surface area (Å²) in [4.78, 5) is 14.0. The average molecular weight is 288 g/mol. The predicted molar refractivity (Wildman–Crippen MR) is 81.6 cm³/mol. The molecule has 114 valence electrons. The van der Waals surface area contributed by atoms with Gasteiger partial charge in [0.15, 0.2) is 0 Å². The molecule has 3 heterocycles. The van der Waals surface area contributed by atoms with Crippen LogP contribution in [0.3, 0.4) is 0 Å². The van der Waals surface area contributed by atoms with Gasteiger partial charge in [0.05, 0.1) is 0 Å². The second-order valence-electron chi connectivity index (χ2n) is 6.44. The summed E-state index contributed by atoms with van der Waals surface area (Å²) in [7, 11) is 0. The van der Waals surface area contributed by atoms with E-state index in [1.165, 1.54) is 31.4 Å². The number of ether oxygens (including phenoxy) is 1. The van der Waals surface area contributed by atoms with Gasteiger partial charge in [0.2, 0.25) is 0 Å². The topological polar surface area (TPSA) is 41.5 Å². The monoisotopic (exact) mass is 288 g/mol. The van der Waals surface area contributed by atoms with Gasteiger partial charge in [-0.1, -0.05) is 0 Å². The molecule has 1 aromatic heterocycles. The minimum atomic E-state index is 0.704. The zero-order valence-corrected chi connectivity index (χ0v) is 12.6. The molecular formula is C16H24N4O. The van der Waals surface area contributed by atoms with Crippen LogP contribution < -0.4 is 4.90 Å². The normalized spacial score (nSPS) is 25.2. The van der Waals surface area contributed by atoms with E-state index in [-0.39, 0.29) is 0 Å². The Hall–Kier alpha value is -1.20. The highest BCUT2D eigenvalue weighted by molar-refractivity contribution is 5.41. The molecule has 0 radical (unpaired) electrons. The standard InChI is InChI=1S/C16H24N4O/c1-2-13(1)15-11-16(18-12-17-15)20-7-5-19(6-8-20)14-3-9-21-10-4-14/h11-14H,1-10H2. The summed E-state index contributed by atoms with van der Waals surface area (Å²) < 4.78 is 5.47. The van der Waals surface area contributed by atoms with E-state index in [2.05, 4.69) is 25.8 Å². The lowest BCUT2D eigenvalue weighted by Crippen LogP contribution is -2.51. The molecule has 5 nitrogen and oxygen atoms in total. The van der Waals surface area contributed by atoms with E-state index in [0.717, 1.165) is 51.3 Å². The van der Waals surface area contributed by atoms with Crippen LogP contribution in [0, 0.1) is 0 Å². The van der Waals surface area contributed by atoms with E-state index in [4.69, 9.17) is 4.74 Å². The Morgan fingerprint density at radius 3 is 2.43 bits per heavy atom. The van der Waals surface area contributed by atoms with Crippen LogP contribution in [0.2, 0.25) is 0 Å². The van der Waals surface area contributed by atoms with Crippen molar-refractivity contribution >= 4 is 5.82 Å². The Morgan fingerprint density at radius 1 is 0.952 bits per heavy atom. The Morgan fingerprint density at radius 2 is 1.71 bits per heavy atom. The van der Waals surface area contributed by atoms with Crippen LogP contribution in [0.5, 0.6) is 0 Å². The molecule has 0 atom stereocenters. The van der Waals surface area contributed by atoms with E-state index >= 15 is 0 Å². The maximum absolute atomic E-state index is 5.47. The van der Waals surface area contributed by atoms with Gasteiger partial charge in [-0.25, -0.2) is 9.97 Å². The highest BCUT2D eigenvalue weighted by atomic mass is 16.5. The first-order chi connectivity index (χ1) is 10.4. The fourth-order valence-corrected chi connectivity index (χ4v) is 3.50. The molecule has 0 N–H and O–H groups in total. The average Bonchev–Trinajstić information content (AvgIpc) is 3.41. The summed E-state index contributed by atoms with van der Waals surface area (Å²) in [6.45, 7) is 6.32. The van der Waals surface area contributed by atoms with Gasteiger partial charge >= 0.3 is 0 Å². The zero-order chi connectivity index (χ0) is 14.1. The van der Waals surface area contributed by atoms with Gasteiger partial charge in [0.1, 0.15) is 12.1 Å². The quantitative estimate of drug-likeness (QED) is 0.846. The second-order valence-corrected chi connectivity index (χ2v) is 6.44. The van der Waals surface area contributed by atoms with Crippen LogP contribution in [-0.4, -0.2) is 60.3 Å². The third-order valence-corrected chi connectivity index (χ3v) is 5.01. The van der Waals surface area contributed by atoms with Gasteiger partial charge in [-0.3, -0.25) is 4.90 Å². The fourth-order valence-electron chi connectivity index (χ4n) is 3.50. The lowest BCUT2D eigenvalue weighted by Gasteiger charge is -2.41. The summed E-state index contributed by atoms with van der Waals surface area (Å²) in [5, 5.41) is 0. The molecule has 3 aliphatic rings. The van der Waals surface area contributed by atoms with E-state index in [1.54, 1.807) is 6.33 Å². The third kappa shape index (κ3) is 3.04.